The molecule has 3 rings (SSSR count). The maximum absolute atomic E-state index is 11.4. The summed E-state index contributed by atoms with van der Waals surface area (Å²) in [5.41, 5.74) is 2.31. The topological polar surface area (TPSA) is 61.8 Å². The van der Waals surface area contributed by atoms with E-state index in [2.05, 4.69) is 18.7 Å². The summed E-state index contributed by atoms with van der Waals surface area (Å²) in [6.07, 6.45) is 5.19. The molecular formula is C21H26O5. The number of hydrogen-bond donors (Lipinski definition) is 0. The molecule has 1 aliphatic carbocycles. The number of rotatable bonds is 7. The third kappa shape index (κ3) is 3.62. The first kappa shape index (κ1) is 18.5. The van der Waals surface area contributed by atoms with Crippen LogP contribution in [0.4, 0.5) is 0 Å². The van der Waals surface area contributed by atoms with Gasteiger partial charge < -0.3 is 14.2 Å². The minimum Gasteiger partial charge on any atom is -0.489 e. The van der Waals surface area contributed by atoms with Gasteiger partial charge >= 0.3 is 11.9 Å². The van der Waals surface area contributed by atoms with Crippen LogP contribution in [0, 0.1) is 5.92 Å². The first-order valence-corrected chi connectivity index (χ1v) is 9.18. The molecule has 0 unspecified atom stereocenters. The molecule has 1 saturated carbocycles. The van der Waals surface area contributed by atoms with Crippen LogP contribution in [0.1, 0.15) is 49.7 Å². The van der Waals surface area contributed by atoms with Crippen LogP contribution >= 0.6 is 0 Å². The number of ether oxygens (including phenoxy) is 3. The molecule has 0 radical (unpaired) electrons. The van der Waals surface area contributed by atoms with Crippen molar-refractivity contribution in [3.05, 3.63) is 42.0 Å². The van der Waals surface area contributed by atoms with Crippen LogP contribution in [-0.4, -0.2) is 31.3 Å². The van der Waals surface area contributed by atoms with E-state index in [-0.39, 0.29) is 36.0 Å². The normalized spacial score (nSPS) is 25.8. The summed E-state index contributed by atoms with van der Waals surface area (Å²) in [5, 5.41) is 0. The molecule has 0 aromatic heterocycles. The van der Waals surface area contributed by atoms with Crippen molar-refractivity contribution >= 4 is 11.9 Å². The van der Waals surface area contributed by atoms with Gasteiger partial charge in [-0.1, -0.05) is 24.3 Å². The Labute approximate surface area is 154 Å². The van der Waals surface area contributed by atoms with Crippen LogP contribution < -0.4 is 4.74 Å². The number of para-hydroxylation sites is 1. The Kier molecular flexibility index (Phi) is 5.64. The lowest BCUT2D eigenvalue weighted by Gasteiger charge is -2.22. The van der Waals surface area contributed by atoms with Crippen molar-refractivity contribution in [1.29, 1.82) is 0 Å². The lowest BCUT2D eigenvalue weighted by molar-refractivity contribution is -0.148. The Morgan fingerprint density at radius 1 is 1.38 bits per heavy atom. The molecule has 4 atom stereocenters. The molecule has 5 heteroatoms. The predicted molar refractivity (Wildman–Crippen MR) is 97.0 cm³/mol. The summed E-state index contributed by atoms with van der Waals surface area (Å²) in [6, 6.07) is 6.21. The average Bonchev–Trinajstić information content (AvgIpc) is 3.12. The van der Waals surface area contributed by atoms with Crippen LogP contribution in [0.5, 0.6) is 5.75 Å². The molecule has 1 heterocycles. The van der Waals surface area contributed by atoms with Crippen molar-refractivity contribution in [2.75, 3.05) is 7.11 Å². The molecule has 1 aromatic rings. The Hall–Kier alpha value is -2.30. The van der Waals surface area contributed by atoms with Gasteiger partial charge in [-0.25, -0.2) is 0 Å². The highest BCUT2D eigenvalue weighted by molar-refractivity contribution is 5.69. The SMILES string of the molecule is C=CC[C@@H]1[C@H]2c3cccc(CCCC(=O)OC)c3O[C@H]2C[C@H]1OC(C)=O. The number of hydrogen-bond acceptors (Lipinski definition) is 5. The standard InChI is InChI=1S/C21H26O5/c1-4-7-15-17(25-13(2)22)12-18-20(15)16-10-5-8-14(21(16)26-18)9-6-11-19(23)24-3/h4-5,8,10,15,17-18,20H,1,6-7,9,11-12H2,2-3H3/t15-,17+,18-,20-/m0/s1. The fraction of sp³-hybridized carbons (Fsp3) is 0.524. The van der Waals surface area contributed by atoms with Crippen molar-refractivity contribution in [3.8, 4) is 5.75 Å². The van der Waals surface area contributed by atoms with Gasteiger partial charge in [0.2, 0.25) is 0 Å². The molecule has 0 N–H and O–H groups in total. The fourth-order valence-corrected chi connectivity index (χ4v) is 4.33. The van der Waals surface area contributed by atoms with Gasteiger partial charge in [0.15, 0.2) is 0 Å². The molecule has 1 aromatic carbocycles. The molecule has 0 spiro atoms. The van der Waals surface area contributed by atoms with Crippen molar-refractivity contribution in [2.24, 2.45) is 5.92 Å². The molecule has 5 nitrogen and oxygen atoms in total. The summed E-state index contributed by atoms with van der Waals surface area (Å²) in [5.74, 6) is 0.912. The van der Waals surface area contributed by atoms with Gasteiger partial charge in [-0.3, -0.25) is 9.59 Å². The Morgan fingerprint density at radius 3 is 2.88 bits per heavy atom. The summed E-state index contributed by atoms with van der Waals surface area (Å²) in [7, 11) is 1.41. The third-order valence-electron chi connectivity index (χ3n) is 5.37. The van der Waals surface area contributed by atoms with E-state index in [1.54, 1.807) is 0 Å². The maximum atomic E-state index is 11.4. The molecule has 0 amide bonds. The number of methoxy groups -OCH3 is 1. The summed E-state index contributed by atoms with van der Waals surface area (Å²) in [4.78, 5) is 22.8. The third-order valence-corrected chi connectivity index (χ3v) is 5.37. The van der Waals surface area contributed by atoms with Gasteiger partial charge in [-0.05, 0) is 24.8 Å². The number of carbonyl (C=O) groups is 2. The van der Waals surface area contributed by atoms with Crippen LogP contribution in [-0.2, 0) is 25.5 Å². The summed E-state index contributed by atoms with van der Waals surface area (Å²) in [6.45, 7) is 5.32. The van der Waals surface area contributed by atoms with E-state index < -0.39 is 0 Å². The summed E-state index contributed by atoms with van der Waals surface area (Å²) >= 11 is 0. The number of esters is 2. The van der Waals surface area contributed by atoms with Crippen LogP contribution in [0.2, 0.25) is 0 Å². The van der Waals surface area contributed by atoms with E-state index in [1.807, 2.05) is 12.1 Å². The predicted octanol–water partition coefficient (Wildman–Crippen LogP) is 3.55. The zero-order chi connectivity index (χ0) is 18.7. The van der Waals surface area contributed by atoms with E-state index in [1.165, 1.54) is 19.6 Å². The number of benzene rings is 1. The van der Waals surface area contributed by atoms with Gasteiger partial charge in [0.05, 0.1) is 7.11 Å². The molecule has 1 fully saturated rings. The quantitative estimate of drug-likeness (QED) is 0.551. The Balaban J connectivity index is 1.78. The number of fused-ring (bicyclic) bond motifs is 3. The molecule has 0 bridgehead atoms. The zero-order valence-electron chi connectivity index (χ0n) is 15.4. The average molecular weight is 358 g/mol. The van der Waals surface area contributed by atoms with E-state index in [4.69, 9.17) is 14.2 Å². The largest absolute Gasteiger partial charge is 0.489 e. The molecule has 140 valence electrons. The summed E-state index contributed by atoms with van der Waals surface area (Å²) < 4.78 is 16.5. The second-order valence-electron chi connectivity index (χ2n) is 7.02. The van der Waals surface area contributed by atoms with Crippen molar-refractivity contribution in [3.63, 3.8) is 0 Å². The second-order valence-corrected chi connectivity index (χ2v) is 7.02. The first-order valence-electron chi connectivity index (χ1n) is 9.18. The minimum atomic E-state index is -0.249. The van der Waals surface area contributed by atoms with Gasteiger partial charge in [0.1, 0.15) is 18.0 Å². The monoisotopic (exact) mass is 358 g/mol. The molecular weight excluding hydrogens is 332 g/mol. The highest BCUT2D eigenvalue weighted by atomic mass is 16.5. The molecule has 2 aliphatic rings. The lowest BCUT2D eigenvalue weighted by Crippen LogP contribution is -2.23. The highest BCUT2D eigenvalue weighted by Gasteiger charge is 2.51. The van der Waals surface area contributed by atoms with Gasteiger partial charge in [-0.15, -0.1) is 6.58 Å². The molecule has 0 saturated heterocycles. The van der Waals surface area contributed by atoms with Gasteiger partial charge in [0.25, 0.3) is 0 Å². The van der Waals surface area contributed by atoms with Crippen LogP contribution in [0.25, 0.3) is 0 Å². The van der Waals surface area contributed by atoms with Crippen molar-refractivity contribution < 1.29 is 23.8 Å². The van der Waals surface area contributed by atoms with Gasteiger partial charge in [-0.2, -0.15) is 0 Å². The smallest absolute Gasteiger partial charge is 0.305 e. The maximum Gasteiger partial charge on any atom is 0.305 e. The lowest BCUT2D eigenvalue weighted by atomic mass is 9.85. The van der Waals surface area contributed by atoms with Gasteiger partial charge in [0, 0.05) is 37.2 Å². The number of aryl methyl sites for hydroxylation is 1. The first-order chi connectivity index (χ1) is 12.5. The Bertz CT molecular complexity index is 696. The van der Waals surface area contributed by atoms with Crippen LogP contribution in [0.15, 0.2) is 30.9 Å². The van der Waals surface area contributed by atoms with Crippen LogP contribution in [0.3, 0.4) is 0 Å². The van der Waals surface area contributed by atoms with E-state index in [0.29, 0.717) is 12.8 Å². The van der Waals surface area contributed by atoms with E-state index in [0.717, 1.165) is 30.6 Å². The van der Waals surface area contributed by atoms with Crippen molar-refractivity contribution in [1.82, 2.24) is 0 Å². The minimum absolute atomic E-state index is 0.0288. The zero-order valence-corrected chi connectivity index (χ0v) is 15.4. The second kappa shape index (κ2) is 7.94. The number of allylic oxidation sites excluding steroid dienone is 1. The molecule has 1 aliphatic heterocycles. The molecule has 26 heavy (non-hydrogen) atoms. The van der Waals surface area contributed by atoms with E-state index in [9.17, 15) is 9.59 Å². The van der Waals surface area contributed by atoms with Crippen molar-refractivity contribution in [2.45, 2.75) is 57.2 Å². The fourth-order valence-electron chi connectivity index (χ4n) is 4.33. The highest BCUT2D eigenvalue weighted by Crippen LogP contribution is 2.53. The van der Waals surface area contributed by atoms with E-state index >= 15 is 0 Å². The number of carbonyl (C=O) groups excluding carboxylic acids is 2. The Morgan fingerprint density at radius 2 is 2.19 bits per heavy atom.